The van der Waals surface area contributed by atoms with Gasteiger partial charge in [-0.1, -0.05) is 29.0 Å². The molecule has 2 heterocycles. The zero-order chi connectivity index (χ0) is 18.2. The van der Waals surface area contributed by atoms with E-state index in [9.17, 15) is 13.2 Å². The molecule has 25 heavy (non-hydrogen) atoms. The number of nitrogens with one attached hydrogen (secondary N) is 1. The summed E-state index contributed by atoms with van der Waals surface area (Å²) in [7, 11) is -3.98. The first-order valence-corrected chi connectivity index (χ1v) is 9.67. The number of aromatic nitrogens is 3. The fourth-order valence-corrected chi connectivity index (χ4v) is 4.20. The van der Waals surface area contributed by atoms with Gasteiger partial charge in [0.15, 0.2) is 0 Å². The highest BCUT2D eigenvalue weighted by Gasteiger charge is 2.23. The van der Waals surface area contributed by atoms with Gasteiger partial charge in [0.05, 0.1) is 15.5 Å². The Kier molecular flexibility index (Phi) is 4.48. The van der Waals surface area contributed by atoms with E-state index in [4.69, 9.17) is 4.74 Å². The predicted octanol–water partition coefficient (Wildman–Crippen LogP) is 2.58. The van der Waals surface area contributed by atoms with E-state index in [1.54, 1.807) is 23.6 Å². The number of hydrogen-bond donors (Lipinski definition) is 1. The summed E-state index contributed by atoms with van der Waals surface area (Å²) in [6.45, 7) is 5.33. The third-order valence-corrected chi connectivity index (χ3v) is 6.23. The Balaban J connectivity index is 1.72. The summed E-state index contributed by atoms with van der Waals surface area (Å²) in [5, 5.41) is 4.07. The average Bonchev–Trinajstić information content (AvgIpc) is 3.10. The van der Waals surface area contributed by atoms with Crippen LogP contribution >= 0.6 is 11.3 Å². The Labute approximate surface area is 148 Å². The molecule has 0 spiro atoms. The number of sulfonamides is 1. The molecule has 0 aliphatic rings. The Bertz CT molecular complexity index is 1020. The second-order valence-electron chi connectivity index (χ2n) is 5.47. The molecule has 0 fully saturated rings. The van der Waals surface area contributed by atoms with Crippen molar-refractivity contribution in [1.29, 1.82) is 0 Å². The standard InChI is InChI=1S/C15H16N4O4S2/c1-9-4-6-12(7-5-9)25(21,22)18-15(20)23-11(3)13-10(2)19-14(24-13)16-8-17-19/h4-8,11H,1-3H3,(H,18,20). The summed E-state index contributed by atoms with van der Waals surface area (Å²) in [4.78, 5) is 17.5. The van der Waals surface area contributed by atoms with Gasteiger partial charge in [0.25, 0.3) is 10.0 Å². The lowest BCUT2D eigenvalue weighted by molar-refractivity contribution is 0.114. The van der Waals surface area contributed by atoms with Gasteiger partial charge in [0.2, 0.25) is 4.96 Å². The quantitative estimate of drug-likeness (QED) is 0.746. The first kappa shape index (κ1) is 17.4. The molecular weight excluding hydrogens is 364 g/mol. The maximum absolute atomic E-state index is 12.2. The van der Waals surface area contributed by atoms with E-state index < -0.39 is 22.2 Å². The fraction of sp³-hybridized carbons (Fsp3) is 0.267. The van der Waals surface area contributed by atoms with Gasteiger partial charge in [0.1, 0.15) is 12.4 Å². The second-order valence-corrected chi connectivity index (χ2v) is 8.16. The maximum atomic E-state index is 12.2. The number of ether oxygens (including phenoxy) is 1. The van der Waals surface area contributed by atoms with E-state index >= 15 is 0 Å². The van der Waals surface area contributed by atoms with Crippen LogP contribution in [0.25, 0.3) is 4.96 Å². The largest absolute Gasteiger partial charge is 0.440 e. The van der Waals surface area contributed by atoms with E-state index in [0.29, 0.717) is 4.96 Å². The van der Waals surface area contributed by atoms with Crippen molar-refractivity contribution in [3.05, 3.63) is 46.7 Å². The van der Waals surface area contributed by atoms with E-state index in [-0.39, 0.29) is 4.90 Å². The van der Waals surface area contributed by atoms with Crippen molar-refractivity contribution in [2.24, 2.45) is 0 Å². The molecule has 1 amide bonds. The molecule has 2 aromatic heterocycles. The van der Waals surface area contributed by atoms with Gasteiger partial charge in [-0.25, -0.2) is 27.4 Å². The van der Waals surface area contributed by atoms with Crippen LogP contribution in [0.2, 0.25) is 0 Å². The van der Waals surface area contributed by atoms with E-state index in [1.165, 1.54) is 29.8 Å². The normalized spacial score (nSPS) is 12.9. The number of nitrogens with zero attached hydrogens (tertiary/aromatic N) is 3. The summed E-state index contributed by atoms with van der Waals surface area (Å²) in [5.74, 6) is 0. The first-order valence-electron chi connectivity index (χ1n) is 7.37. The summed E-state index contributed by atoms with van der Waals surface area (Å²) in [6.07, 6.45) is -0.233. The third-order valence-electron chi connectivity index (χ3n) is 3.59. The smallest absolute Gasteiger partial charge is 0.421 e. The predicted molar refractivity (Wildman–Crippen MR) is 92.0 cm³/mol. The van der Waals surface area contributed by atoms with Crippen LogP contribution in [0.1, 0.15) is 29.2 Å². The average molecular weight is 380 g/mol. The van der Waals surface area contributed by atoms with Crippen LogP contribution in [0.5, 0.6) is 0 Å². The van der Waals surface area contributed by atoms with Crippen LogP contribution in [0, 0.1) is 13.8 Å². The minimum Gasteiger partial charge on any atom is -0.440 e. The topological polar surface area (TPSA) is 103 Å². The number of amides is 1. The van der Waals surface area contributed by atoms with Crippen LogP contribution in [-0.2, 0) is 14.8 Å². The van der Waals surface area contributed by atoms with Crippen molar-refractivity contribution in [3.63, 3.8) is 0 Å². The number of rotatable bonds is 4. The second kappa shape index (κ2) is 6.45. The number of hydrogen-bond acceptors (Lipinski definition) is 7. The molecule has 1 unspecified atom stereocenters. The number of carbonyl (C=O) groups is 1. The van der Waals surface area contributed by atoms with Crippen molar-refractivity contribution in [3.8, 4) is 0 Å². The van der Waals surface area contributed by atoms with Gasteiger partial charge < -0.3 is 4.74 Å². The molecule has 0 saturated carbocycles. The molecule has 8 nitrogen and oxygen atoms in total. The minimum absolute atomic E-state index is 0.00215. The first-order chi connectivity index (χ1) is 11.8. The van der Waals surface area contributed by atoms with Crippen LogP contribution in [-0.4, -0.2) is 29.1 Å². The van der Waals surface area contributed by atoms with Gasteiger partial charge in [-0.2, -0.15) is 5.10 Å². The fourth-order valence-electron chi connectivity index (χ4n) is 2.31. The Morgan fingerprint density at radius 2 is 1.96 bits per heavy atom. The highest BCUT2D eigenvalue weighted by Crippen LogP contribution is 2.29. The lowest BCUT2D eigenvalue weighted by atomic mass is 10.2. The van der Waals surface area contributed by atoms with Gasteiger partial charge in [-0.05, 0) is 32.9 Å². The SMILES string of the molecule is Cc1ccc(S(=O)(=O)NC(=O)OC(C)c2sc3ncnn3c2C)cc1. The molecule has 1 N–H and O–H groups in total. The van der Waals surface area contributed by atoms with Crippen molar-refractivity contribution in [2.75, 3.05) is 0 Å². The van der Waals surface area contributed by atoms with Gasteiger partial charge in [-0.15, -0.1) is 0 Å². The molecule has 0 saturated heterocycles. The van der Waals surface area contributed by atoms with Crippen LogP contribution < -0.4 is 4.72 Å². The highest BCUT2D eigenvalue weighted by molar-refractivity contribution is 7.90. The summed E-state index contributed by atoms with van der Waals surface area (Å²) >= 11 is 1.33. The number of fused-ring (bicyclic) bond motifs is 1. The highest BCUT2D eigenvalue weighted by atomic mass is 32.2. The van der Waals surface area contributed by atoms with Crippen LogP contribution in [0.15, 0.2) is 35.5 Å². The van der Waals surface area contributed by atoms with Crippen molar-refractivity contribution in [1.82, 2.24) is 19.3 Å². The number of carbonyl (C=O) groups excluding carboxylic acids is 1. The lowest BCUT2D eigenvalue weighted by Crippen LogP contribution is -2.31. The maximum Gasteiger partial charge on any atom is 0.421 e. The lowest BCUT2D eigenvalue weighted by Gasteiger charge is -2.13. The zero-order valence-electron chi connectivity index (χ0n) is 13.8. The van der Waals surface area contributed by atoms with Crippen LogP contribution in [0.3, 0.4) is 0 Å². The number of benzene rings is 1. The van der Waals surface area contributed by atoms with Gasteiger partial charge in [0, 0.05) is 0 Å². The molecular formula is C15H16N4O4S2. The summed E-state index contributed by atoms with van der Waals surface area (Å²) < 4.78 is 33.2. The molecule has 10 heteroatoms. The van der Waals surface area contributed by atoms with E-state index in [1.807, 2.05) is 18.6 Å². The molecule has 3 rings (SSSR count). The van der Waals surface area contributed by atoms with E-state index in [2.05, 4.69) is 10.1 Å². The minimum atomic E-state index is -3.98. The summed E-state index contributed by atoms with van der Waals surface area (Å²) in [6, 6.07) is 6.16. The number of thiazole rings is 1. The van der Waals surface area contributed by atoms with Gasteiger partial charge >= 0.3 is 6.09 Å². The molecule has 0 radical (unpaired) electrons. The van der Waals surface area contributed by atoms with E-state index in [0.717, 1.165) is 16.1 Å². The Morgan fingerprint density at radius 1 is 1.28 bits per heavy atom. The zero-order valence-corrected chi connectivity index (χ0v) is 15.4. The molecule has 0 bridgehead atoms. The Morgan fingerprint density at radius 3 is 2.60 bits per heavy atom. The number of aryl methyl sites for hydroxylation is 2. The molecule has 132 valence electrons. The van der Waals surface area contributed by atoms with Crippen molar-refractivity contribution < 1.29 is 17.9 Å². The van der Waals surface area contributed by atoms with Crippen LogP contribution in [0.4, 0.5) is 4.79 Å². The Hall–Kier alpha value is -2.46. The summed E-state index contributed by atoms with van der Waals surface area (Å²) in [5.41, 5.74) is 1.71. The monoisotopic (exact) mass is 380 g/mol. The molecule has 0 aliphatic heterocycles. The van der Waals surface area contributed by atoms with Gasteiger partial charge in [-0.3, -0.25) is 0 Å². The molecule has 3 aromatic rings. The van der Waals surface area contributed by atoms with Crippen molar-refractivity contribution in [2.45, 2.75) is 31.8 Å². The van der Waals surface area contributed by atoms with Crippen molar-refractivity contribution >= 4 is 32.4 Å². The molecule has 0 aliphatic carbocycles. The molecule has 1 atom stereocenters. The molecule has 1 aromatic carbocycles. The third kappa shape index (κ3) is 3.49.